The zero-order chi connectivity index (χ0) is 14.7. The van der Waals surface area contributed by atoms with Crippen molar-refractivity contribution < 1.29 is 4.74 Å². The Morgan fingerprint density at radius 1 is 1.38 bits per heavy atom. The minimum Gasteiger partial charge on any atom is -0.358 e. The number of allylic oxidation sites excluding steroid dienone is 1. The summed E-state index contributed by atoms with van der Waals surface area (Å²) in [5, 5.41) is 0.548. The molecule has 1 saturated heterocycles. The molecule has 1 unspecified atom stereocenters. The molecule has 0 N–H and O–H groups in total. The van der Waals surface area contributed by atoms with E-state index in [9.17, 15) is 0 Å². The lowest BCUT2D eigenvalue weighted by atomic mass is 10.2. The van der Waals surface area contributed by atoms with Crippen LogP contribution in [0, 0.1) is 0 Å². The fourth-order valence-electron chi connectivity index (χ4n) is 3.00. The van der Waals surface area contributed by atoms with Gasteiger partial charge in [-0.05, 0) is 37.0 Å². The van der Waals surface area contributed by atoms with Crippen molar-refractivity contribution in [1.82, 2.24) is 14.8 Å². The first-order valence-electron chi connectivity index (χ1n) is 7.71. The smallest absolute Gasteiger partial charge is 0.131 e. The zero-order valence-corrected chi connectivity index (χ0v) is 13.2. The Balaban J connectivity index is 1.66. The van der Waals surface area contributed by atoms with Crippen molar-refractivity contribution in [2.75, 3.05) is 19.7 Å². The van der Waals surface area contributed by atoms with Gasteiger partial charge in [-0.2, -0.15) is 0 Å². The van der Waals surface area contributed by atoms with E-state index in [0.29, 0.717) is 5.15 Å². The second kappa shape index (κ2) is 6.67. The molecule has 0 aromatic carbocycles. The first-order chi connectivity index (χ1) is 10.3. The highest BCUT2D eigenvalue weighted by atomic mass is 35.5. The molecule has 1 aromatic rings. The molecule has 0 radical (unpaired) electrons. The van der Waals surface area contributed by atoms with E-state index in [1.165, 1.54) is 11.4 Å². The van der Waals surface area contributed by atoms with Gasteiger partial charge in [0.15, 0.2) is 0 Å². The summed E-state index contributed by atoms with van der Waals surface area (Å²) < 4.78 is 5.99. The van der Waals surface area contributed by atoms with Crippen molar-refractivity contribution in [3.05, 3.63) is 40.9 Å². The number of ether oxygens (including phenoxy) is 1. The average molecular weight is 308 g/mol. The molecule has 0 amide bonds. The molecule has 5 heteroatoms. The summed E-state index contributed by atoms with van der Waals surface area (Å²) >= 11 is 5.85. The van der Waals surface area contributed by atoms with E-state index >= 15 is 0 Å². The molecule has 3 rings (SSSR count). The van der Waals surface area contributed by atoms with Gasteiger partial charge in [-0.1, -0.05) is 24.6 Å². The maximum atomic E-state index is 5.99. The summed E-state index contributed by atoms with van der Waals surface area (Å²) in [6.07, 6.45) is 7.71. The number of fused-ring (bicyclic) bond motifs is 1. The van der Waals surface area contributed by atoms with Crippen LogP contribution in [0.25, 0.3) is 0 Å². The molecule has 2 aliphatic heterocycles. The Hall–Kier alpha value is -1.26. The number of hydrogen-bond donors (Lipinski definition) is 0. The predicted octanol–water partition coefficient (Wildman–Crippen LogP) is 3.24. The van der Waals surface area contributed by atoms with Crippen molar-refractivity contribution >= 4 is 11.6 Å². The van der Waals surface area contributed by atoms with Crippen LogP contribution in [0.4, 0.5) is 0 Å². The number of pyridine rings is 1. The minimum absolute atomic E-state index is 0.248. The Bertz CT molecular complexity index is 503. The molecule has 1 aromatic heterocycles. The summed E-state index contributed by atoms with van der Waals surface area (Å²) in [5.74, 6) is 1.32. The van der Waals surface area contributed by atoms with Gasteiger partial charge < -0.3 is 14.5 Å². The summed E-state index contributed by atoms with van der Waals surface area (Å²) in [6, 6.07) is 3.90. The Morgan fingerprint density at radius 2 is 2.29 bits per heavy atom. The number of nitrogens with zero attached hydrogens (tertiary/aromatic N) is 3. The number of aromatic nitrogens is 1. The van der Waals surface area contributed by atoms with Crippen LogP contribution in [-0.2, 0) is 11.3 Å². The van der Waals surface area contributed by atoms with E-state index < -0.39 is 0 Å². The van der Waals surface area contributed by atoms with Gasteiger partial charge in [-0.3, -0.25) is 0 Å². The van der Waals surface area contributed by atoms with Gasteiger partial charge in [0.1, 0.15) is 17.2 Å². The number of rotatable bonds is 5. The molecule has 21 heavy (non-hydrogen) atoms. The Labute approximate surface area is 131 Å². The van der Waals surface area contributed by atoms with Crippen molar-refractivity contribution in [2.45, 2.75) is 39.0 Å². The highest BCUT2D eigenvalue weighted by Crippen LogP contribution is 2.30. The third-order valence-corrected chi connectivity index (χ3v) is 4.22. The van der Waals surface area contributed by atoms with E-state index in [4.69, 9.17) is 16.3 Å². The lowest BCUT2D eigenvalue weighted by Gasteiger charge is -2.35. The summed E-state index contributed by atoms with van der Waals surface area (Å²) in [6.45, 7) is 5.97. The molecular weight excluding hydrogens is 286 g/mol. The molecule has 0 aliphatic carbocycles. The quantitative estimate of drug-likeness (QED) is 0.781. The molecule has 1 fully saturated rings. The van der Waals surface area contributed by atoms with Crippen LogP contribution in [0.2, 0.25) is 5.15 Å². The lowest BCUT2D eigenvalue weighted by molar-refractivity contribution is -0.0481. The third kappa shape index (κ3) is 3.33. The molecule has 2 aliphatic rings. The van der Waals surface area contributed by atoms with Crippen LogP contribution in [0.5, 0.6) is 0 Å². The maximum absolute atomic E-state index is 5.99. The fraction of sp³-hybridized carbons (Fsp3) is 0.562. The molecule has 0 spiro atoms. The molecule has 0 saturated carbocycles. The second-order valence-corrected chi connectivity index (χ2v) is 5.96. The second-order valence-electron chi connectivity index (χ2n) is 5.57. The summed E-state index contributed by atoms with van der Waals surface area (Å²) in [7, 11) is 0. The van der Waals surface area contributed by atoms with Gasteiger partial charge in [0, 0.05) is 32.4 Å². The standard InChI is InChI=1S/C16H22ClN3O/c1-2-10-21-16-5-3-4-15-19(8-9-20(15)16)12-13-6-7-14(17)18-11-13/h4,6-7,11,16H,2-3,5,8-10,12H2,1H3. The van der Waals surface area contributed by atoms with Crippen LogP contribution < -0.4 is 0 Å². The van der Waals surface area contributed by atoms with Crippen LogP contribution in [-0.4, -0.2) is 40.7 Å². The Morgan fingerprint density at radius 3 is 3.05 bits per heavy atom. The first-order valence-corrected chi connectivity index (χ1v) is 8.09. The third-order valence-electron chi connectivity index (χ3n) is 3.99. The van der Waals surface area contributed by atoms with Gasteiger partial charge in [-0.15, -0.1) is 0 Å². The van der Waals surface area contributed by atoms with Crippen molar-refractivity contribution in [3.8, 4) is 0 Å². The van der Waals surface area contributed by atoms with Crippen molar-refractivity contribution in [1.29, 1.82) is 0 Å². The fourth-order valence-corrected chi connectivity index (χ4v) is 3.11. The van der Waals surface area contributed by atoms with E-state index in [1.54, 1.807) is 0 Å². The van der Waals surface area contributed by atoms with E-state index in [-0.39, 0.29) is 6.23 Å². The molecule has 0 bridgehead atoms. The van der Waals surface area contributed by atoms with Gasteiger partial charge in [0.2, 0.25) is 0 Å². The average Bonchev–Trinajstić information content (AvgIpc) is 2.91. The van der Waals surface area contributed by atoms with Gasteiger partial charge >= 0.3 is 0 Å². The Kier molecular flexibility index (Phi) is 4.66. The zero-order valence-electron chi connectivity index (χ0n) is 12.5. The predicted molar refractivity (Wildman–Crippen MR) is 83.7 cm³/mol. The molecule has 3 heterocycles. The molecule has 4 nitrogen and oxygen atoms in total. The highest BCUT2D eigenvalue weighted by molar-refractivity contribution is 6.29. The van der Waals surface area contributed by atoms with E-state index in [2.05, 4.69) is 27.8 Å². The highest BCUT2D eigenvalue weighted by Gasteiger charge is 2.32. The lowest BCUT2D eigenvalue weighted by Crippen LogP contribution is -2.38. The van der Waals surface area contributed by atoms with E-state index in [1.807, 2.05) is 18.3 Å². The van der Waals surface area contributed by atoms with Crippen LogP contribution in [0.15, 0.2) is 30.2 Å². The van der Waals surface area contributed by atoms with Crippen molar-refractivity contribution in [2.24, 2.45) is 0 Å². The monoisotopic (exact) mass is 307 g/mol. The van der Waals surface area contributed by atoms with Crippen molar-refractivity contribution in [3.63, 3.8) is 0 Å². The normalized spacial score (nSPS) is 21.4. The van der Waals surface area contributed by atoms with Gasteiger partial charge in [0.25, 0.3) is 0 Å². The molecular formula is C16H22ClN3O. The van der Waals surface area contributed by atoms with Crippen LogP contribution in [0.3, 0.4) is 0 Å². The first kappa shape index (κ1) is 14.7. The maximum Gasteiger partial charge on any atom is 0.131 e. The van der Waals surface area contributed by atoms with Gasteiger partial charge in [0.05, 0.1) is 0 Å². The minimum atomic E-state index is 0.248. The largest absolute Gasteiger partial charge is 0.358 e. The van der Waals surface area contributed by atoms with E-state index in [0.717, 1.165) is 45.5 Å². The molecule has 1 atom stereocenters. The summed E-state index contributed by atoms with van der Waals surface area (Å²) in [5.41, 5.74) is 1.19. The topological polar surface area (TPSA) is 28.6 Å². The SMILES string of the molecule is CCCOC1CCC=C2N(Cc3ccc(Cl)nc3)CCN21. The van der Waals surface area contributed by atoms with Crippen LogP contribution in [0.1, 0.15) is 31.7 Å². The number of halogens is 1. The molecule has 114 valence electrons. The van der Waals surface area contributed by atoms with Crippen LogP contribution >= 0.6 is 11.6 Å². The van der Waals surface area contributed by atoms with Gasteiger partial charge in [-0.25, -0.2) is 4.98 Å². The number of hydrogen-bond acceptors (Lipinski definition) is 4. The summed E-state index contributed by atoms with van der Waals surface area (Å²) in [4.78, 5) is 8.98.